The number of nitrogens with zero attached hydrogens (tertiary/aromatic N) is 1. The Kier molecular flexibility index (Phi) is 3.72. The van der Waals surface area contributed by atoms with Crippen molar-refractivity contribution < 1.29 is 13.5 Å². The van der Waals surface area contributed by atoms with Gasteiger partial charge in [-0.3, -0.25) is 0 Å². The molecule has 100 valence electrons. The lowest BCUT2D eigenvalue weighted by Gasteiger charge is -2.26. The molecule has 1 aromatic carbocycles. The van der Waals surface area contributed by atoms with Crippen molar-refractivity contribution in [3.05, 3.63) is 29.8 Å². The van der Waals surface area contributed by atoms with Crippen LogP contribution in [0.4, 0.5) is 0 Å². The molecule has 1 aliphatic rings. The SMILES string of the molecule is Cc1ccccc1S(=O)(=O)N(C)[C@H]1CNC[C@@H]1O. The van der Waals surface area contributed by atoms with Gasteiger partial charge in [0.15, 0.2) is 0 Å². The number of aliphatic hydroxyl groups is 1. The van der Waals surface area contributed by atoms with E-state index in [4.69, 9.17) is 0 Å². The molecule has 0 saturated carbocycles. The summed E-state index contributed by atoms with van der Waals surface area (Å²) in [6.45, 7) is 2.67. The second kappa shape index (κ2) is 4.97. The van der Waals surface area contributed by atoms with Crippen LogP contribution in [-0.2, 0) is 10.0 Å². The minimum absolute atomic E-state index is 0.298. The molecule has 5 nitrogen and oxygen atoms in total. The average Bonchev–Trinajstić information content (AvgIpc) is 2.74. The summed E-state index contributed by atoms with van der Waals surface area (Å²) in [7, 11) is -2.04. The van der Waals surface area contributed by atoms with E-state index < -0.39 is 22.2 Å². The van der Waals surface area contributed by atoms with Crippen molar-refractivity contribution in [3.8, 4) is 0 Å². The van der Waals surface area contributed by atoms with Gasteiger partial charge in [0, 0.05) is 20.1 Å². The highest BCUT2D eigenvalue weighted by molar-refractivity contribution is 7.89. The van der Waals surface area contributed by atoms with Crippen LogP contribution in [0.25, 0.3) is 0 Å². The van der Waals surface area contributed by atoms with Crippen LogP contribution in [0.5, 0.6) is 0 Å². The van der Waals surface area contributed by atoms with Crippen LogP contribution in [0.1, 0.15) is 5.56 Å². The molecule has 0 aromatic heterocycles. The van der Waals surface area contributed by atoms with Gasteiger partial charge in [-0.2, -0.15) is 4.31 Å². The summed E-state index contributed by atoms with van der Waals surface area (Å²) < 4.78 is 26.2. The summed E-state index contributed by atoms with van der Waals surface area (Å²) in [5.74, 6) is 0. The second-order valence-corrected chi connectivity index (χ2v) is 6.55. The van der Waals surface area contributed by atoms with Crippen molar-refractivity contribution in [3.63, 3.8) is 0 Å². The Morgan fingerprint density at radius 1 is 1.33 bits per heavy atom. The summed E-state index contributed by atoms with van der Waals surface area (Å²) in [6.07, 6.45) is -0.659. The Hall–Kier alpha value is -0.950. The average molecular weight is 270 g/mol. The smallest absolute Gasteiger partial charge is 0.243 e. The molecular weight excluding hydrogens is 252 g/mol. The highest BCUT2D eigenvalue weighted by Crippen LogP contribution is 2.22. The number of hydrogen-bond donors (Lipinski definition) is 2. The van der Waals surface area contributed by atoms with Gasteiger partial charge < -0.3 is 10.4 Å². The second-order valence-electron chi connectivity index (χ2n) is 4.58. The van der Waals surface area contributed by atoms with Crippen LogP contribution in [0.15, 0.2) is 29.2 Å². The zero-order valence-electron chi connectivity index (χ0n) is 10.5. The van der Waals surface area contributed by atoms with Crippen molar-refractivity contribution in [1.82, 2.24) is 9.62 Å². The topological polar surface area (TPSA) is 69.6 Å². The molecule has 0 spiro atoms. The van der Waals surface area contributed by atoms with E-state index in [0.29, 0.717) is 23.5 Å². The van der Waals surface area contributed by atoms with Crippen molar-refractivity contribution in [2.45, 2.75) is 24.0 Å². The maximum atomic E-state index is 12.5. The minimum atomic E-state index is -3.55. The standard InChI is InChI=1S/C12H18N2O3S/c1-9-5-3-4-6-12(9)18(16,17)14(2)10-7-13-8-11(10)15/h3-6,10-11,13,15H,7-8H2,1-2H3/t10-,11-/m0/s1. The third-order valence-electron chi connectivity index (χ3n) is 3.37. The number of benzene rings is 1. The van der Waals surface area contributed by atoms with Gasteiger partial charge >= 0.3 is 0 Å². The maximum Gasteiger partial charge on any atom is 0.243 e. The van der Waals surface area contributed by atoms with Crippen LogP contribution < -0.4 is 5.32 Å². The van der Waals surface area contributed by atoms with E-state index in [1.54, 1.807) is 31.2 Å². The molecule has 6 heteroatoms. The Bertz CT molecular complexity index is 530. The Morgan fingerprint density at radius 3 is 2.56 bits per heavy atom. The minimum Gasteiger partial charge on any atom is -0.390 e. The van der Waals surface area contributed by atoms with E-state index >= 15 is 0 Å². The predicted octanol–water partition coefficient (Wildman–Crippen LogP) is -0.0518. The predicted molar refractivity (Wildman–Crippen MR) is 68.8 cm³/mol. The van der Waals surface area contributed by atoms with Crippen molar-refractivity contribution in [1.29, 1.82) is 0 Å². The van der Waals surface area contributed by atoms with Crippen LogP contribution in [0, 0.1) is 6.92 Å². The third kappa shape index (κ3) is 2.29. The highest BCUT2D eigenvalue weighted by atomic mass is 32.2. The molecule has 0 radical (unpaired) electrons. The molecule has 18 heavy (non-hydrogen) atoms. The lowest BCUT2D eigenvalue weighted by atomic mass is 10.2. The molecular formula is C12H18N2O3S. The number of likely N-dealkylation sites (N-methyl/N-ethyl adjacent to an activating group) is 1. The largest absolute Gasteiger partial charge is 0.390 e. The monoisotopic (exact) mass is 270 g/mol. The molecule has 0 bridgehead atoms. The summed E-state index contributed by atoms with van der Waals surface area (Å²) in [5, 5.41) is 12.8. The lowest BCUT2D eigenvalue weighted by Crippen LogP contribution is -2.44. The summed E-state index contributed by atoms with van der Waals surface area (Å²) in [5.41, 5.74) is 0.713. The van der Waals surface area contributed by atoms with Crippen LogP contribution in [0.2, 0.25) is 0 Å². The molecule has 1 fully saturated rings. The lowest BCUT2D eigenvalue weighted by molar-refractivity contribution is 0.136. The normalized spacial score (nSPS) is 24.7. The van der Waals surface area contributed by atoms with E-state index in [1.165, 1.54) is 11.4 Å². The quantitative estimate of drug-likeness (QED) is 0.808. The number of nitrogens with one attached hydrogen (secondary N) is 1. The van der Waals surface area contributed by atoms with Crippen LogP contribution in [-0.4, -0.2) is 50.1 Å². The Labute approximate surface area is 107 Å². The van der Waals surface area contributed by atoms with Gasteiger partial charge in [0.25, 0.3) is 0 Å². The van der Waals surface area contributed by atoms with Gasteiger partial charge in [-0.25, -0.2) is 8.42 Å². The van der Waals surface area contributed by atoms with Crippen molar-refractivity contribution in [2.75, 3.05) is 20.1 Å². The maximum absolute atomic E-state index is 12.5. The van der Waals surface area contributed by atoms with Crippen molar-refractivity contribution >= 4 is 10.0 Å². The fourth-order valence-electron chi connectivity index (χ4n) is 2.20. The van der Waals surface area contributed by atoms with Crippen LogP contribution >= 0.6 is 0 Å². The van der Waals surface area contributed by atoms with Crippen LogP contribution in [0.3, 0.4) is 0 Å². The molecule has 0 unspecified atom stereocenters. The van der Waals surface area contributed by atoms with E-state index in [0.717, 1.165) is 0 Å². The van der Waals surface area contributed by atoms with E-state index in [9.17, 15) is 13.5 Å². The summed E-state index contributed by atoms with van der Waals surface area (Å²) in [6, 6.07) is 6.46. The first-order valence-corrected chi connectivity index (χ1v) is 7.31. The number of sulfonamides is 1. The molecule has 1 aliphatic heterocycles. The van der Waals surface area contributed by atoms with Gasteiger partial charge in [0.05, 0.1) is 17.0 Å². The molecule has 2 rings (SSSR count). The van der Waals surface area contributed by atoms with Gasteiger partial charge in [-0.05, 0) is 18.6 Å². The number of rotatable bonds is 3. The molecule has 1 aromatic rings. The molecule has 1 heterocycles. The van der Waals surface area contributed by atoms with E-state index in [-0.39, 0.29) is 0 Å². The fraction of sp³-hybridized carbons (Fsp3) is 0.500. The zero-order chi connectivity index (χ0) is 13.3. The number of hydrogen-bond acceptors (Lipinski definition) is 4. The number of β-amino-alcohol motifs (C(OH)–C–C–N with tert-alkyl or cyclic N) is 1. The fourth-order valence-corrected chi connectivity index (χ4v) is 3.81. The summed E-state index contributed by atoms with van der Waals surface area (Å²) in [4.78, 5) is 0.298. The molecule has 0 aliphatic carbocycles. The summed E-state index contributed by atoms with van der Waals surface area (Å²) >= 11 is 0. The first-order chi connectivity index (χ1) is 8.44. The van der Waals surface area contributed by atoms with Gasteiger partial charge in [-0.15, -0.1) is 0 Å². The Morgan fingerprint density at radius 2 is 2.00 bits per heavy atom. The Balaban J connectivity index is 2.34. The molecule has 1 saturated heterocycles. The zero-order valence-corrected chi connectivity index (χ0v) is 11.3. The first kappa shape index (κ1) is 13.5. The van der Waals surface area contributed by atoms with Gasteiger partial charge in [0.1, 0.15) is 0 Å². The molecule has 2 atom stereocenters. The third-order valence-corrected chi connectivity index (χ3v) is 5.41. The van der Waals surface area contributed by atoms with Crippen molar-refractivity contribution in [2.24, 2.45) is 0 Å². The molecule has 2 N–H and O–H groups in total. The number of aliphatic hydroxyl groups excluding tert-OH is 1. The van der Waals surface area contributed by atoms with E-state index in [2.05, 4.69) is 5.32 Å². The molecule has 0 amide bonds. The van der Waals surface area contributed by atoms with Gasteiger partial charge in [0.2, 0.25) is 10.0 Å². The highest BCUT2D eigenvalue weighted by Gasteiger charge is 2.36. The van der Waals surface area contributed by atoms with Gasteiger partial charge in [-0.1, -0.05) is 18.2 Å². The first-order valence-electron chi connectivity index (χ1n) is 5.87. The van der Waals surface area contributed by atoms with E-state index in [1.807, 2.05) is 0 Å². The number of aryl methyl sites for hydroxylation is 1.